The molecule has 0 saturated carbocycles. The van der Waals surface area contributed by atoms with Gasteiger partial charge in [-0.05, 0) is 48.2 Å². The smallest absolute Gasteiger partial charge is 0.279 e. The fourth-order valence-electron chi connectivity index (χ4n) is 2.32. The van der Waals surface area contributed by atoms with Crippen LogP contribution in [0.25, 0.3) is 0 Å². The Morgan fingerprint density at radius 1 is 1.20 bits per heavy atom. The minimum absolute atomic E-state index is 0.102. The summed E-state index contributed by atoms with van der Waals surface area (Å²) in [6, 6.07) is 8.28. The highest BCUT2D eigenvalue weighted by Gasteiger charge is 2.17. The highest BCUT2D eigenvalue weighted by molar-refractivity contribution is 7.89. The van der Waals surface area contributed by atoms with Crippen molar-refractivity contribution in [1.29, 1.82) is 0 Å². The Hall–Kier alpha value is -1.74. The van der Waals surface area contributed by atoms with Crippen molar-refractivity contribution in [2.24, 2.45) is 0 Å². The first-order valence-corrected chi connectivity index (χ1v) is 10.2. The fraction of sp³-hybridized carbons (Fsp3) is 0.353. The molecule has 25 heavy (non-hydrogen) atoms. The van der Waals surface area contributed by atoms with Crippen LogP contribution in [0.1, 0.15) is 10.4 Å². The average Bonchev–Trinajstić information content (AvgIpc) is 2.92. The largest absolute Gasteiger partial charge is 0.325 e. The molecule has 2 aromatic rings. The molecular formula is C17H24N3O3S2+. The number of likely N-dealkylation sites (N-methyl/N-ethyl adjacent to an activating group) is 1. The summed E-state index contributed by atoms with van der Waals surface area (Å²) in [7, 11) is 1.49. The first-order chi connectivity index (χ1) is 11.7. The van der Waals surface area contributed by atoms with Crippen LogP contribution in [-0.4, -0.2) is 46.3 Å². The Morgan fingerprint density at radius 2 is 1.84 bits per heavy atom. The highest BCUT2D eigenvalue weighted by Crippen LogP contribution is 2.16. The molecular weight excluding hydrogens is 358 g/mol. The van der Waals surface area contributed by atoms with Crippen LogP contribution in [0.5, 0.6) is 0 Å². The summed E-state index contributed by atoms with van der Waals surface area (Å²) in [5.41, 5.74) is 1.84. The second kappa shape index (κ2) is 8.09. The van der Waals surface area contributed by atoms with Gasteiger partial charge in [-0.15, -0.1) is 11.3 Å². The number of hydrogen-bond acceptors (Lipinski definition) is 4. The number of nitrogens with one attached hydrogen (secondary N) is 2. The van der Waals surface area contributed by atoms with Crippen molar-refractivity contribution in [2.75, 3.05) is 33.0 Å². The third-order valence-corrected chi connectivity index (χ3v) is 6.66. The van der Waals surface area contributed by atoms with E-state index in [0.717, 1.165) is 15.7 Å². The van der Waals surface area contributed by atoms with E-state index in [9.17, 15) is 13.2 Å². The first-order valence-electron chi connectivity index (χ1n) is 7.87. The van der Waals surface area contributed by atoms with Gasteiger partial charge in [-0.3, -0.25) is 4.79 Å². The van der Waals surface area contributed by atoms with E-state index in [1.54, 1.807) is 23.5 Å². The van der Waals surface area contributed by atoms with Gasteiger partial charge in [0.05, 0.1) is 16.8 Å². The molecule has 0 radical (unpaired) electrons. The Balaban J connectivity index is 1.93. The number of thiophene rings is 1. The van der Waals surface area contributed by atoms with E-state index in [1.165, 1.54) is 36.7 Å². The Morgan fingerprint density at radius 3 is 2.36 bits per heavy atom. The van der Waals surface area contributed by atoms with E-state index < -0.39 is 10.0 Å². The molecule has 0 saturated heterocycles. The number of benzene rings is 1. The zero-order valence-corrected chi connectivity index (χ0v) is 16.5. The number of amides is 1. The third kappa shape index (κ3) is 5.12. The molecule has 2 rings (SSSR count). The van der Waals surface area contributed by atoms with Gasteiger partial charge in [0.2, 0.25) is 10.0 Å². The molecule has 0 aliphatic carbocycles. The van der Waals surface area contributed by atoms with Crippen molar-refractivity contribution in [1.82, 2.24) is 4.31 Å². The first kappa shape index (κ1) is 19.6. The molecule has 1 aromatic heterocycles. The molecule has 1 atom stereocenters. The van der Waals surface area contributed by atoms with Gasteiger partial charge in [-0.2, -0.15) is 0 Å². The molecule has 136 valence electrons. The lowest BCUT2D eigenvalue weighted by molar-refractivity contribution is -0.884. The van der Waals surface area contributed by atoms with Crippen LogP contribution >= 0.6 is 11.3 Å². The lowest BCUT2D eigenvalue weighted by Crippen LogP contribution is -3.08. The van der Waals surface area contributed by atoms with Crippen molar-refractivity contribution < 1.29 is 18.1 Å². The summed E-state index contributed by atoms with van der Waals surface area (Å²) in [6.07, 6.45) is 0. The number of carbonyl (C=O) groups is 1. The molecule has 0 spiro atoms. The monoisotopic (exact) mass is 382 g/mol. The standard InChI is InChI=1S/C17H23N3O3S2/c1-13-9-10-24-16(13)11-20(4)12-17(21)18-14-5-7-15(8-6-14)25(22,23)19(2)3/h5-10H,11-12H2,1-4H3,(H,18,21)/p+1. The maximum absolute atomic E-state index is 12.2. The van der Waals surface area contributed by atoms with Crippen LogP contribution in [0.4, 0.5) is 5.69 Å². The van der Waals surface area contributed by atoms with Gasteiger partial charge in [0.1, 0.15) is 6.54 Å². The highest BCUT2D eigenvalue weighted by atomic mass is 32.2. The van der Waals surface area contributed by atoms with Gasteiger partial charge in [0.15, 0.2) is 6.54 Å². The summed E-state index contributed by atoms with van der Waals surface area (Å²) in [5.74, 6) is -0.102. The number of sulfonamides is 1. The summed E-state index contributed by atoms with van der Waals surface area (Å²) in [5, 5.41) is 4.87. The second-order valence-electron chi connectivity index (χ2n) is 6.20. The number of hydrogen-bond donors (Lipinski definition) is 2. The van der Waals surface area contributed by atoms with Crippen molar-refractivity contribution in [3.63, 3.8) is 0 Å². The fourth-order valence-corrected chi connectivity index (χ4v) is 4.24. The van der Waals surface area contributed by atoms with Crippen LogP contribution in [-0.2, 0) is 21.4 Å². The summed E-state index contributed by atoms with van der Waals surface area (Å²) >= 11 is 1.70. The number of nitrogens with zero attached hydrogens (tertiary/aromatic N) is 1. The zero-order valence-electron chi connectivity index (χ0n) is 14.9. The molecule has 6 nitrogen and oxygen atoms in total. The van der Waals surface area contributed by atoms with Crippen LogP contribution in [0, 0.1) is 6.92 Å². The van der Waals surface area contributed by atoms with Crippen LogP contribution < -0.4 is 10.2 Å². The van der Waals surface area contributed by atoms with Crippen molar-refractivity contribution in [2.45, 2.75) is 18.4 Å². The van der Waals surface area contributed by atoms with Gasteiger partial charge in [0, 0.05) is 19.8 Å². The third-order valence-electron chi connectivity index (χ3n) is 3.81. The number of anilines is 1. The molecule has 1 unspecified atom stereocenters. The van der Waals surface area contributed by atoms with E-state index in [2.05, 4.69) is 23.7 Å². The second-order valence-corrected chi connectivity index (χ2v) is 9.35. The predicted molar refractivity (Wildman–Crippen MR) is 100 cm³/mol. The molecule has 0 bridgehead atoms. The van der Waals surface area contributed by atoms with Gasteiger partial charge < -0.3 is 10.2 Å². The van der Waals surface area contributed by atoms with Crippen LogP contribution in [0.2, 0.25) is 0 Å². The Bertz CT molecular complexity index is 827. The van der Waals surface area contributed by atoms with Gasteiger partial charge in [-0.25, -0.2) is 12.7 Å². The molecule has 1 aromatic carbocycles. The SMILES string of the molecule is Cc1ccsc1C[NH+](C)CC(=O)Nc1ccc(S(=O)(=O)N(C)C)cc1. The zero-order chi connectivity index (χ0) is 18.6. The number of carbonyl (C=O) groups excluding carboxylic acids is 1. The Labute approximate surface area is 153 Å². The maximum Gasteiger partial charge on any atom is 0.279 e. The number of aryl methyl sites for hydroxylation is 1. The van der Waals surface area contributed by atoms with E-state index in [-0.39, 0.29) is 10.8 Å². The quantitative estimate of drug-likeness (QED) is 0.749. The van der Waals surface area contributed by atoms with Crippen LogP contribution in [0.15, 0.2) is 40.6 Å². The molecule has 0 fully saturated rings. The van der Waals surface area contributed by atoms with Gasteiger partial charge in [-0.1, -0.05) is 0 Å². The molecule has 0 aliphatic rings. The van der Waals surface area contributed by atoms with E-state index in [0.29, 0.717) is 12.2 Å². The normalized spacial score (nSPS) is 13.0. The lowest BCUT2D eigenvalue weighted by Gasteiger charge is -2.14. The number of rotatable bonds is 7. The van der Waals surface area contributed by atoms with Crippen LogP contribution in [0.3, 0.4) is 0 Å². The molecule has 0 aliphatic heterocycles. The minimum atomic E-state index is -3.46. The molecule has 8 heteroatoms. The average molecular weight is 383 g/mol. The van der Waals surface area contributed by atoms with Crippen molar-refractivity contribution in [3.8, 4) is 0 Å². The summed E-state index contributed by atoms with van der Waals surface area (Å²) < 4.78 is 25.2. The van der Waals surface area contributed by atoms with Gasteiger partial charge in [0.25, 0.3) is 5.91 Å². The van der Waals surface area contributed by atoms with Gasteiger partial charge >= 0.3 is 0 Å². The number of quaternary nitrogens is 1. The van der Waals surface area contributed by atoms with Crippen molar-refractivity contribution >= 4 is 33.0 Å². The van der Waals surface area contributed by atoms with E-state index >= 15 is 0 Å². The minimum Gasteiger partial charge on any atom is -0.325 e. The molecule has 2 N–H and O–H groups in total. The topological polar surface area (TPSA) is 70.9 Å². The van der Waals surface area contributed by atoms with E-state index in [1.807, 2.05) is 7.05 Å². The summed E-state index contributed by atoms with van der Waals surface area (Å²) in [6.45, 7) is 3.22. The Kier molecular flexibility index (Phi) is 6.34. The molecule has 1 amide bonds. The predicted octanol–water partition coefficient (Wildman–Crippen LogP) is 0.960. The van der Waals surface area contributed by atoms with Crippen molar-refractivity contribution in [3.05, 3.63) is 46.2 Å². The maximum atomic E-state index is 12.2. The molecule has 1 heterocycles. The lowest BCUT2D eigenvalue weighted by atomic mass is 10.3. The summed E-state index contributed by atoms with van der Waals surface area (Å²) in [4.78, 5) is 14.7. The van der Waals surface area contributed by atoms with E-state index in [4.69, 9.17) is 0 Å².